The third-order valence-corrected chi connectivity index (χ3v) is 6.50. The van der Waals surface area contributed by atoms with E-state index in [4.69, 9.17) is 0 Å². The molecule has 1 fully saturated rings. The first-order valence-electron chi connectivity index (χ1n) is 11.4. The molecule has 2 atom stereocenters. The number of hydrogen-bond donors (Lipinski definition) is 2. The van der Waals surface area contributed by atoms with Crippen molar-refractivity contribution in [2.75, 3.05) is 54.9 Å². The quantitative estimate of drug-likeness (QED) is 0.399. The molecule has 7 heteroatoms. The zero-order chi connectivity index (χ0) is 22.8. The lowest BCUT2D eigenvalue weighted by Gasteiger charge is -2.36. The molecule has 1 heterocycles. The number of rotatable bonds is 11. The van der Waals surface area contributed by atoms with E-state index in [1.54, 1.807) is 12.1 Å². The lowest BCUT2D eigenvalue weighted by Crippen LogP contribution is -2.46. The topological polar surface area (TPSA) is 78.9 Å². The molecule has 174 valence electrons. The summed E-state index contributed by atoms with van der Waals surface area (Å²) in [6, 6.07) is 17.9. The normalized spacial score (nSPS) is 16.5. The fraction of sp³-hybridized carbons (Fsp3) is 0.480. The lowest BCUT2D eigenvalue weighted by atomic mass is 10.0. The third-order valence-electron chi connectivity index (χ3n) is 5.84. The molecule has 0 saturated carbocycles. The van der Waals surface area contributed by atoms with Crippen LogP contribution < -0.4 is 10.2 Å². The van der Waals surface area contributed by atoms with Crippen LogP contribution in [0.3, 0.4) is 0 Å². The molecule has 0 aromatic heterocycles. The summed E-state index contributed by atoms with van der Waals surface area (Å²) in [5.41, 5.74) is 2.74. The van der Waals surface area contributed by atoms with E-state index in [1.165, 1.54) is 11.9 Å². The summed E-state index contributed by atoms with van der Waals surface area (Å²) in [5, 5.41) is 13.3. The van der Waals surface area contributed by atoms with Gasteiger partial charge in [0.25, 0.3) is 5.91 Å². The van der Waals surface area contributed by atoms with Gasteiger partial charge in [-0.25, -0.2) is 0 Å². The fourth-order valence-electron chi connectivity index (χ4n) is 4.09. The van der Waals surface area contributed by atoms with Crippen molar-refractivity contribution in [1.29, 1.82) is 0 Å². The number of unbranched alkanes of at least 4 members (excludes halogenated alkanes) is 2. The molecule has 3 rings (SSSR count). The molecule has 1 saturated heterocycles. The first kappa shape index (κ1) is 24.6. The van der Waals surface area contributed by atoms with Crippen molar-refractivity contribution in [2.24, 2.45) is 0 Å². The second-order valence-corrected chi connectivity index (χ2v) is 9.86. The number of anilines is 2. The molecule has 2 unspecified atom stereocenters. The largest absolute Gasteiger partial charge is 0.616 e. The van der Waals surface area contributed by atoms with Crippen LogP contribution in [0.4, 0.5) is 11.4 Å². The molecule has 0 radical (unpaired) electrons. The van der Waals surface area contributed by atoms with Crippen molar-refractivity contribution in [1.82, 2.24) is 4.90 Å². The Bertz CT molecular complexity index is 826. The number of nitrogens with one attached hydrogen (secondary N) is 1. The minimum atomic E-state index is -1.17. The van der Waals surface area contributed by atoms with Crippen LogP contribution in [0, 0.1) is 0 Å². The maximum atomic E-state index is 11.8. The van der Waals surface area contributed by atoms with E-state index >= 15 is 0 Å². The van der Waals surface area contributed by atoms with Gasteiger partial charge in [-0.15, -0.1) is 0 Å². The lowest BCUT2D eigenvalue weighted by molar-refractivity contribution is -0.113. The molecule has 1 aliphatic rings. The number of benzene rings is 2. The number of carbonyl (C=O) groups is 1. The average Bonchev–Trinajstić information content (AvgIpc) is 2.79. The number of piperazine rings is 1. The molecule has 1 amide bonds. The second kappa shape index (κ2) is 12.8. The van der Waals surface area contributed by atoms with Crippen LogP contribution in [0.5, 0.6) is 0 Å². The monoisotopic (exact) mass is 457 g/mol. The van der Waals surface area contributed by atoms with Crippen LogP contribution in [0.1, 0.15) is 37.4 Å². The Balaban J connectivity index is 1.31. The molecule has 6 nitrogen and oxygen atoms in total. The van der Waals surface area contributed by atoms with Gasteiger partial charge in [0, 0.05) is 37.6 Å². The van der Waals surface area contributed by atoms with Crippen LogP contribution in [0.25, 0.3) is 0 Å². The highest BCUT2D eigenvalue weighted by Gasteiger charge is 2.16. The molecule has 32 heavy (non-hydrogen) atoms. The SMILES string of the molecule is C[S+]([O-])CC(=O)Nc1cccc(C(O)CCCCCN2CCN(c3ccccc3)CC2)c1. The highest BCUT2D eigenvalue weighted by atomic mass is 32.2. The highest BCUT2D eigenvalue weighted by Crippen LogP contribution is 2.23. The number of aliphatic hydroxyl groups is 1. The first-order valence-corrected chi connectivity index (χ1v) is 13.1. The van der Waals surface area contributed by atoms with E-state index in [0.717, 1.165) is 57.5 Å². The molecule has 0 aliphatic carbocycles. The number of carbonyl (C=O) groups excluding carboxylic acids is 1. The van der Waals surface area contributed by atoms with Gasteiger partial charge in [0.2, 0.25) is 0 Å². The smallest absolute Gasteiger partial charge is 0.274 e. The van der Waals surface area contributed by atoms with Gasteiger partial charge < -0.3 is 19.9 Å². The summed E-state index contributed by atoms with van der Waals surface area (Å²) in [6.07, 6.45) is 4.87. The number of aliphatic hydroxyl groups excluding tert-OH is 1. The van der Waals surface area contributed by atoms with Gasteiger partial charge in [-0.3, -0.25) is 9.69 Å². The van der Waals surface area contributed by atoms with Gasteiger partial charge in [-0.05, 0) is 60.4 Å². The number of hydrogen-bond acceptors (Lipinski definition) is 5. The van der Waals surface area contributed by atoms with E-state index < -0.39 is 17.3 Å². The fourth-order valence-corrected chi connectivity index (χ4v) is 4.53. The Hall–Kier alpha value is -2.06. The van der Waals surface area contributed by atoms with E-state index in [0.29, 0.717) is 12.1 Å². The zero-order valence-corrected chi connectivity index (χ0v) is 19.7. The van der Waals surface area contributed by atoms with E-state index in [-0.39, 0.29) is 11.7 Å². The molecular formula is C25H35N3O3S. The molecule has 0 bridgehead atoms. The Kier molecular flexibility index (Phi) is 9.87. The minimum absolute atomic E-state index is 0.0198. The van der Waals surface area contributed by atoms with E-state index in [2.05, 4.69) is 45.4 Å². The van der Waals surface area contributed by atoms with Crippen molar-refractivity contribution in [3.63, 3.8) is 0 Å². The van der Waals surface area contributed by atoms with Crippen molar-refractivity contribution in [2.45, 2.75) is 31.8 Å². The summed E-state index contributed by atoms with van der Waals surface area (Å²) in [6.45, 7) is 5.45. The summed E-state index contributed by atoms with van der Waals surface area (Å²) >= 11 is -1.17. The van der Waals surface area contributed by atoms with Gasteiger partial charge in [-0.1, -0.05) is 43.2 Å². The van der Waals surface area contributed by atoms with Gasteiger partial charge in [-0.2, -0.15) is 0 Å². The predicted molar refractivity (Wildman–Crippen MR) is 133 cm³/mol. The minimum Gasteiger partial charge on any atom is -0.616 e. The Labute approximate surface area is 194 Å². The second-order valence-electron chi connectivity index (χ2n) is 8.42. The van der Waals surface area contributed by atoms with E-state index in [1.807, 2.05) is 12.1 Å². The number of para-hydroxylation sites is 1. The van der Waals surface area contributed by atoms with Crippen molar-refractivity contribution in [3.05, 3.63) is 60.2 Å². The first-order chi connectivity index (χ1) is 15.5. The molecular weight excluding hydrogens is 422 g/mol. The van der Waals surface area contributed by atoms with E-state index in [9.17, 15) is 14.5 Å². The molecule has 1 aliphatic heterocycles. The maximum Gasteiger partial charge on any atom is 0.274 e. The van der Waals surface area contributed by atoms with Crippen LogP contribution in [-0.4, -0.2) is 65.2 Å². The molecule has 0 spiro atoms. The van der Waals surface area contributed by atoms with Crippen molar-refractivity contribution < 1.29 is 14.5 Å². The zero-order valence-electron chi connectivity index (χ0n) is 18.9. The highest BCUT2D eigenvalue weighted by molar-refractivity contribution is 7.91. The van der Waals surface area contributed by atoms with Crippen molar-refractivity contribution >= 4 is 28.5 Å². The summed E-state index contributed by atoms with van der Waals surface area (Å²) in [5.74, 6) is -0.296. The summed E-state index contributed by atoms with van der Waals surface area (Å²) in [4.78, 5) is 16.8. The predicted octanol–water partition coefficient (Wildman–Crippen LogP) is 3.42. The van der Waals surface area contributed by atoms with Gasteiger partial charge in [0.1, 0.15) is 0 Å². The van der Waals surface area contributed by atoms with Gasteiger partial charge in [0.05, 0.1) is 12.4 Å². The van der Waals surface area contributed by atoms with Crippen LogP contribution in [0.15, 0.2) is 54.6 Å². The molecule has 2 N–H and O–H groups in total. The van der Waals surface area contributed by atoms with Gasteiger partial charge in [0.15, 0.2) is 5.75 Å². The van der Waals surface area contributed by atoms with Crippen LogP contribution in [0.2, 0.25) is 0 Å². The van der Waals surface area contributed by atoms with Crippen LogP contribution >= 0.6 is 0 Å². The Morgan fingerprint density at radius 1 is 1.06 bits per heavy atom. The summed E-state index contributed by atoms with van der Waals surface area (Å²) in [7, 11) is 0. The molecule has 2 aromatic rings. The standard InChI is InChI=1S/C25H35N3O3S/c1-32(31)20-25(30)26-22-10-8-9-21(19-22)24(29)13-6-3-7-14-27-15-17-28(18-16-27)23-11-4-2-5-12-23/h2,4-5,8-12,19,24,29H,3,6-7,13-18,20H2,1H3,(H,26,30). The van der Waals surface area contributed by atoms with Crippen LogP contribution in [-0.2, 0) is 16.0 Å². The Morgan fingerprint density at radius 3 is 2.53 bits per heavy atom. The van der Waals surface area contributed by atoms with Crippen molar-refractivity contribution in [3.8, 4) is 0 Å². The maximum absolute atomic E-state index is 11.8. The third kappa shape index (κ3) is 8.13. The average molecular weight is 458 g/mol. The number of nitrogens with zero attached hydrogens (tertiary/aromatic N) is 2. The Morgan fingerprint density at radius 2 is 1.81 bits per heavy atom. The van der Waals surface area contributed by atoms with Gasteiger partial charge >= 0.3 is 0 Å². The molecule has 2 aromatic carbocycles. The summed E-state index contributed by atoms with van der Waals surface area (Å²) < 4.78 is 11.2. The number of amides is 1.